The molecule has 0 unspecified atom stereocenters. The second kappa shape index (κ2) is 4.79. The molecule has 0 radical (unpaired) electrons. The van der Waals surface area contributed by atoms with Crippen LogP contribution in [0.4, 0.5) is 10.1 Å². The largest absolute Gasteiger partial charge is 0.420 e. The molecule has 2 aromatic carbocycles. The highest BCUT2D eigenvalue weighted by Gasteiger charge is 2.10. The molecule has 6 heteroatoms. The summed E-state index contributed by atoms with van der Waals surface area (Å²) >= 11 is 3.12. The fraction of sp³-hybridized carbons (Fsp3) is 0.0714. The van der Waals surface area contributed by atoms with Crippen molar-refractivity contribution in [1.82, 2.24) is 4.57 Å². The molecule has 102 valence electrons. The van der Waals surface area contributed by atoms with E-state index in [2.05, 4.69) is 15.9 Å². The highest BCUT2D eigenvalue weighted by atomic mass is 79.9. The molecule has 2 N–H and O–H groups in total. The Kier molecular flexibility index (Phi) is 3.10. The number of nitrogens with zero attached hydrogens (tertiary/aromatic N) is 1. The van der Waals surface area contributed by atoms with Crippen LogP contribution < -0.4 is 11.5 Å². The Labute approximate surface area is 121 Å². The second-order valence-corrected chi connectivity index (χ2v) is 5.28. The predicted molar refractivity (Wildman–Crippen MR) is 78.1 cm³/mol. The summed E-state index contributed by atoms with van der Waals surface area (Å²) < 4.78 is 20.2. The first-order valence-electron chi connectivity index (χ1n) is 5.87. The zero-order valence-corrected chi connectivity index (χ0v) is 11.9. The maximum atomic E-state index is 13.2. The topological polar surface area (TPSA) is 61.2 Å². The monoisotopic (exact) mass is 336 g/mol. The Morgan fingerprint density at radius 3 is 2.80 bits per heavy atom. The lowest BCUT2D eigenvalue weighted by molar-refractivity contribution is 0.517. The number of hydrogen-bond acceptors (Lipinski definition) is 3. The van der Waals surface area contributed by atoms with Crippen LogP contribution in [-0.2, 0) is 6.54 Å². The van der Waals surface area contributed by atoms with Crippen molar-refractivity contribution in [3.63, 3.8) is 0 Å². The van der Waals surface area contributed by atoms with E-state index in [4.69, 9.17) is 10.2 Å². The molecule has 0 bridgehead atoms. The Balaban J connectivity index is 2.10. The minimum Gasteiger partial charge on any atom is -0.408 e. The summed E-state index contributed by atoms with van der Waals surface area (Å²) in [6.07, 6.45) is 0. The van der Waals surface area contributed by atoms with Gasteiger partial charge in [-0.1, -0.05) is 6.07 Å². The van der Waals surface area contributed by atoms with Gasteiger partial charge in [-0.3, -0.25) is 4.57 Å². The van der Waals surface area contributed by atoms with Crippen molar-refractivity contribution in [2.24, 2.45) is 0 Å². The van der Waals surface area contributed by atoms with Gasteiger partial charge in [0.2, 0.25) is 0 Å². The lowest BCUT2D eigenvalue weighted by atomic mass is 10.2. The van der Waals surface area contributed by atoms with Crippen LogP contribution in [0.5, 0.6) is 0 Å². The quantitative estimate of drug-likeness (QED) is 0.731. The van der Waals surface area contributed by atoms with Gasteiger partial charge in [-0.05, 0) is 51.8 Å². The van der Waals surface area contributed by atoms with Crippen molar-refractivity contribution < 1.29 is 8.81 Å². The first kappa shape index (κ1) is 12.9. The first-order chi connectivity index (χ1) is 9.54. The van der Waals surface area contributed by atoms with Crippen LogP contribution in [0, 0.1) is 5.82 Å². The number of rotatable bonds is 2. The zero-order chi connectivity index (χ0) is 14.3. The molecule has 0 amide bonds. The van der Waals surface area contributed by atoms with E-state index in [1.54, 1.807) is 30.3 Å². The summed E-state index contributed by atoms with van der Waals surface area (Å²) in [4.78, 5) is 11.9. The van der Waals surface area contributed by atoms with E-state index >= 15 is 0 Å². The Morgan fingerprint density at radius 1 is 1.25 bits per heavy atom. The van der Waals surface area contributed by atoms with E-state index in [1.807, 2.05) is 0 Å². The molecule has 20 heavy (non-hydrogen) atoms. The summed E-state index contributed by atoms with van der Waals surface area (Å²) in [5.74, 6) is -0.812. The van der Waals surface area contributed by atoms with Crippen LogP contribution in [0.15, 0.2) is 50.1 Å². The van der Waals surface area contributed by atoms with Gasteiger partial charge in [-0.15, -0.1) is 0 Å². The number of benzene rings is 2. The number of halogens is 2. The van der Waals surface area contributed by atoms with Gasteiger partial charge in [-0.25, -0.2) is 9.18 Å². The number of oxazole rings is 1. The minimum absolute atomic E-state index is 0.286. The van der Waals surface area contributed by atoms with Gasteiger partial charge in [0, 0.05) is 5.69 Å². The van der Waals surface area contributed by atoms with E-state index < -0.39 is 5.76 Å². The van der Waals surface area contributed by atoms with E-state index in [0.717, 1.165) is 5.56 Å². The van der Waals surface area contributed by atoms with E-state index in [-0.39, 0.29) is 12.4 Å². The molecule has 0 saturated heterocycles. The Morgan fingerprint density at radius 2 is 2.05 bits per heavy atom. The van der Waals surface area contributed by atoms with Crippen LogP contribution in [0.2, 0.25) is 0 Å². The fourth-order valence-electron chi connectivity index (χ4n) is 2.05. The first-order valence-corrected chi connectivity index (χ1v) is 6.67. The SMILES string of the molecule is Nc1ccc2oc(=O)n(Cc3ccc(F)c(Br)c3)c2c1. The van der Waals surface area contributed by atoms with Gasteiger partial charge in [0.1, 0.15) is 5.82 Å². The maximum Gasteiger partial charge on any atom is 0.420 e. The normalized spacial score (nSPS) is 11.1. The average molecular weight is 337 g/mol. The standard InChI is InChI=1S/C14H10BrFN2O2/c15-10-5-8(1-3-11(10)16)7-18-12-6-9(17)2-4-13(12)20-14(18)19/h1-6H,7,17H2. The number of hydrogen-bond donors (Lipinski definition) is 1. The van der Waals surface area contributed by atoms with Crippen molar-refractivity contribution in [3.05, 3.63) is 62.8 Å². The molecular formula is C14H10BrFN2O2. The highest BCUT2D eigenvalue weighted by Crippen LogP contribution is 2.20. The number of anilines is 1. The Bertz CT molecular complexity index is 854. The molecule has 3 aromatic rings. The summed E-state index contributed by atoms with van der Waals surface area (Å²) in [6.45, 7) is 0.286. The molecule has 0 saturated carbocycles. The van der Waals surface area contributed by atoms with E-state index in [1.165, 1.54) is 10.6 Å². The van der Waals surface area contributed by atoms with Crippen molar-refractivity contribution in [2.45, 2.75) is 6.54 Å². The second-order valence-electron chi connectivity index (χ2n) is 4.43. The van der Waals surface area contributed by atoms with Crippen molar-refractivity contribution in [1.29, 1.82) is 0 Å². The fourth-order valence-corrected chi connectivity index (χ4v) is 2.48. The summed E-state index contributed by atoms with van der Waals surface area (Å²) in [5, 5.41) is 0. The van der Waals surface area contributed by atoms with Gasteiger partial charge in [-0.2, -0.15) is 0 Å². The van der Waals surface area contributed by atoms with Crippen LogP contribution in [0.1, 0.15) is 5.56 Å². The molecule has 0 fully saturated rings. The molecule has 1 heterocycles. The third-order valence-electron chi connectivity index (χ3n) is 3.02. The summed E-state index contributed by atoms with van der Waals surface area (Å²) in [7, 11) is 0. The van der Waals surface area contributed by atoms with Gasteiger partial charge < -0.3 is 10.2 Å². The van der Waals surface area contributed by atoms with Gasteiger partial charge in [0.05, 0.1) is 16.5 Å². The van der Waals surface area contributed by atoms with Crippen molar-refractivity contribution in [2.75, 3.05) is 5.73 Å². The minimum atomic E-state index is -0.467. The number of aromatic nitrogens is 1. The Hall–Kier alpha value is -2.08. The highest BCUT2D eigenvalue weighted by molar-refractivity contribution is 9.10. The number of fused-ring (bicyclic) bond motifs is 1. The van der Waals surface area contributed by atoms with E-state index in [9.17, 15) is 9.18 Å². The smallest absolute Gasteiger partial charge is 0.408 e. The maximum absolute atomic E-state index is 13.2. The molecule has 4 nitrogen and oxygen atoms in total. The predicted octanol–water partition coefficient (Wildman–Crippen LogP) is 3.13. The molecular weight excluding hydrogens is 327 g/mol. The third kappa shape index (κ3) is 2.22. The van der Waals surface area contributed by atoms with Crippen molar-refractivity contribution >= 4 is 32.7 Å². The molecule has 1 aromatic heterocycles. The average Bonchev–Trinajstić information content (AvgIpc) is 2.70. The molecule has 0 spiro atoms. The van der Waals surface area contributed by atoms with Gasteiger partial charge in [0.25, 0.3) is 0 Å². The third-order valence-corrected chi connectivity index (χ3v) is 3.62. The van der Waals surface area contributed by atoms with Crippen LogP contribution in [-0.4, -0.2) is 4.57 Å². The van der Waals surface area contributed by atoms with Gasteiger partial charge >= 0.3 is 5.76 Å². The molecule has 3 rings (SSSR count). The summed E-state index contributed by atoms with van der Waals surface area (Å²) in [6, 6.07) is 9.61. The number of nitrogen functional groups attached to an aromatic ring is 1. The van der Waals surface area contributed by atoms with Gasteiger partial charge in [0.15, 0.2) is 5.58 Å². The molecule has 0 aliphatic rings. The zero-order valence-electron chi connectivity index (χ0n) is 10.3. The lowest BCUT2D eigenvalue weighted by Crippen LogP contribution is -2.15. The lowest BCUT2D eigenvalue weighted by Gasteiger charge is -2.04. The molecule has 0 aliphatic carbocycles. The van der Waals surface area contributed by atoms with Crippen LogP contribution in [0.25, 0.3) is 11.1 Å². The van der Waals surface area contributed by atoms with Crippen LogP contribution in [0.3, 0.4) is 0 Å². The van der Waals surface area contributed by atoms with E-state index in [0.29, 0.717) is 21.3 Å². The summed E-state index contributed by atoms with van der Waals surface area (Å²) in [5.41, 5.74) is 8.15. The van der Waals surface area contributed by atoms with Crippen molar-refractivity contribution in [3.8, 4) is 0 Å². The molecule has 0 aliphatic heterocycles. The number of nitrogens with two attached hydrogens (primary N) is 1. The molecule has 0 atom stereocenters. The van der Waals surface area contributed by atoms with Crippen LogP contribution >= 0.6 is 15.9 Å².